The monoisotopic (exact) mass is 592 g/mol. The molecule has 8 nitrogen and oxygen atoms in total. The topological polar surface area (TPSA) is 106 Å². The lowest BCUT2D eigenvalue weighted by atomic mass is 9.78. The molecule has 3 aliphatic rings. The molecule has 3 heterocycles. The summed E-state index contributed by atoms with van der Waals surface area (Å²) in [5, 5.41) is 23.9. The molecular weight excluding hydrogens is 556 g/mol. The molecule has 1 saturated carbocycles. The summed E-state index contributed by atoms with van der Waals surface area (Å²) >= 11 is 0. The molecule has 2 aliphatic heterocycles. The molecule has 12 heteroatoms. The van der Waals surface area contributed by atoms with Gasteiger partial charge in [0.2, 0.25) is 5.91 Å². The van der Waals surface area contributed by atoms with E-state index in [2.05, 4.69) is 15.2 Å². The third-order valence-electron chi connectivity index (χ3n) is 9.03. The lowest BCUT2D eigenvalue weighted by Gasteiger charge is -2.41. The summed E-state index contributed by atoms with van der Waals surface area (Å²) in [6.07, 6.45) is 0.284. The summed E-state index contributed by atoms with van der Waals surface area (Å²) in [6.45, 7) is 4.07. The molecule has 2 amide bonds. The van der Waals surface area contributed by atoms with Crippen molar-refractivity contribution >= 4 is 11.8 Å². The van der Waals surface area contributed by atoms with Gasteiger partial charge in [-0.15, -0.1) is 0 Å². The second-order valence-corrected chi connectivity index (χ2v) is 12.2. The van der Waals surface area contributed by atoms with E-state index in [0.717, 1.165) is 37.6 Å². The van der Waals surface area contributed by atoms with E-state index in [-0.39, 0.29) is 41.8 Å². The lowest BCUT2D eigenvalue weighted by Crippen LogP contribution is -2.47. The number of alkyl halides is 3. The molecule has 3 fully saturated rings. The average Bonchev–Trinajstić information content (AvgIpc) is 3.54. The number of halogens is 4. The number of fused-ring (bicyclic) bond motifs is 1. The van der Waals surface area contributed by atoms with Crippen LogP contribution in [0.15, 0.2) is 36.5 Å². The Bertz CT molecular complexity index is 1340. The van der Waals surface area contributed by atoms with E-state index in [0.29, 0.717) is 37.8 Å². The maximum Gasteiger partial charge on any atom is 0.416 e. The number of hydrogen-bond donors (Lipinski definition) is 3. The molecule has 2 atom stereocenters. The maximum absolute atomic E-state index is 14.9. The third kappa shape index (κ3) is 6.02. The second-order valence-electron chi connectivity index (χ2n) is 12.2. The minimum absolute atomic E-state index is 0.00179. The molecule has 2 aromatic rings. The van der Waals surface area contributed by atoms with Crippen LogP contribution in [0.4, 0.5) is 17.6 Å². The fraction of sp³-hybridized carbons (Fsp3) is 0.567. The van der Waals surface area contributed by atoms with Gasteiger partial charge in [0.05, 0.1) is 17.7 Å². The molecule has 0 bridgehead atoms. The smallest absolute Gasteiger partial charge is 0.386 e. The van der Waals surface area contributed by atoms with Crippen molar-refractivity contribution in [3.63, 3.8) is 0 Å². The van der Waals surface area contributed by atoms with Gasteiger partial charge in [0, 0.05) is 48.5 Å². The van der Waals surface area contributed by atoms with Crippen molar-refractivity contribution in [1.82, 2.24) is 20.1 Å². The number of aliphatic hydroxyl groups is 2. The number of rotatable bonds is 6. The largest absolute Gasteiger partial charge is 0.416 e. The minimum atomic E-state index is -4.57. The van der Waals surface area contributed by atoms with Gasteiger partial charge in [0.1, 0.15) is 17.1 Å². The molecule has 2 unspecified atom stereocenters. The molecule has 5 rings (SSSR count). The van der Waals surface area contributed by atoms with Crippen LogP contribution in [-0.2, 0) is 22.2 Å². The standard InChI is InChI=1S/C30H36F4N4O4/c1-28(2,41)20-15-22(31)26(35-16-20)29(42)10-6-21(7-11-29)37-12-8-24-23(37)9-13-38(24)25(39)17-36-27(40)18-4-3-5-19(14-18)30(32,33)34/h3-5,14-16,21,23-24,41-42H,6-13,17H2,1-2H3,(H,36,40). The molecular formula is C30H36F4N4O4. The molecule has 0 spiro atoms. The van der Waals surface area contributed by atoms with Gasteiger partial charge in [-0.3, -0.25) is 19.5 Å². The number of nitrogens with one attached hydrogen (secondary N) is 1. The van der Waals surface area contributed by atoms with Gasteiger partial charge in [-0.2, -0.15) is 13.2 Å². The van der Waals surface area contributed by atoms with Crippen LogP contribution in [0.5, 0.6) is 0 Å². The van der Waals surface area contributed by atoms with Gasteiger partial charge in [0.15, 0.2) is 0 Å². The van der Waals surface area contributed by atoms with Gasteiger partial charge in [-0.1, -0.05) is 6.07 Å². The predicted octanol–water partition coefficient (Wildman–Crippen LogP) is 3.70. The molecule has 1 aromatic carbocycles. The van der Waals surface area contributed by atoms with Crippen molar-refractivity contribution in [3.05, 3.63) is 64.7 Å². The highest BCUT2D eigenvalue weighted by Crippen LogP contribution is 2.42. The van der Waals surface area contributed by atoms with E-state index < -0.39 is 34.7 Å². The van der Waals surface area contributed by atoms with Crippen LogP contribution in [0.25, 0.3) is 0 Å². The van der Waals surface area contributed by atoms with Crippen LogP contribution in [0, 0.1) is 5.82 Å². The second kappa shape index (κ2) is 11.2. The summed E-state index contributed by atoms with van der Waals surface area (Å²) in [4.78, 5) is 33.8. The summed E-state index contributed by atoms with van der Waals surface area (Å²) < 4.78 is 53.9. The molecule has 1 aromatic heterocycles. The van der Waals surface area contributed by atoms with E-state index in [9.17, 15) is 37.4 Å². The van der Waals surface area contributed by atoms with Gasteiger partial charge < -0.3 is 20.4 Å². The summed E-state index contributed by atoms with van der Waals surface area (Å²) in [6, 6.07) is 5.57. The van der Waals surface area contributed by atoms with Gasteiger partial charge in [-0.05, 0) is 76.6 Å². The molecule has 0 radical (unpaired) electrons. The summed E-state index contributed by atoms with van der Waals surface area (Å²) in [7, 11) is 0. The number of likely N-dealkylation sites (tertiary alicyclic amines) is 2. The van der Waals surface area contributed by atoms with E-state index in [1.165, 1.54) is 18.3 Å². The maximum atomic E-state index is 14.9. The molecule has 228 valence electrons. The Kier molecular flexibility index (Phi) is 8.10. The Labute approximate surface area is 241 Å². The van der Waals surface area contributed by atoms with Crippen LogP contribution < -0.4 is 5.32 Å². The van der Waals surface area contributed by atoms with E-state index >= 15 is 0 Å². The first kappa shape index (κ1) is 30.4. The Balaban J connectivity index is 1.15. The van der Waals surface area contributed by atoms with Crippen molar-refractivity contribution in [2.75, 3.05) is 19.6 Å². The quantitative estimate of drug-likeness (QED) is 0.442. The van der Waals surface area contributed by atoms with E-state index in [4.69, 9.17) is 0 Å². The first-order valence-corrected chi connectivity index (χ1v) is 14.3. The van der Waals surface area contributed by atoms with Crippen LogP contribution in [0.3, 0.4) is 0 Å². The number of benzene rings is 1. The highest BCUT2D eigenvalue weighted by Gasteiger charge is 2.48. The zero-order chi connectivity index (χ0) is 30.4. The zero-order valence-corrected chi connectivity index (χ0v) is 23.6. The van der Waals surface area contributed by atoms with Crippen molar-refractivity contribution in [2.24, 2.45) is 0 Å². The molecule has 42 heavy (non-hydrogen) atoms. The number of amides is 2. The Hall–Kier alpha value is -3.09. The molecule has 3 N–H and O–H groups in total. The highest BCUT2D eigenvalue weighted by molar-refractivity contribution is 5.96. The minimum Gasteiger partial charge on any atom is -0.386 e. The first-order chi connectivity index (χ1) is 19.7. The van der Waals surface area contributed by atoms with Crippen LogP contribution >= 0.6 is 0 Å². The van der Waals surface area contributed by atoms with Crippen molar-refractivity contribution in [1.29, 1.82) is 0 Å². The number of aromatic nitrogens is 1. The predicted molar refractivity (Wildman–Crippen MR) is 145 cm³/mol. The van der Waals surface area contributed by atoms with Gasteiger partial charge in [-0.25, -0.2) is 4.39 Å². The number of carbonyl (C=O) groups is 2. The zero-order valence-electron chi connectivity index (χ0n) is 23.6. The van der Waals surface area contributed by atoms with Crippen LogP contribution in [0.2, 0.25) is 0 Å². The summed E-state index contributed by atoms with van der Waals surface area (Å²) in [5.41, 5.74) is -3.40. The van der Waals surface area contributed by atoms with Gasteiger partial charge >= 0.3 is 6.18 Å². The highest BCUT2D eigenvalue weighted by atomic mass is 19.4. The Morgan fingerprint density at radius 1 is 1.05 bits per heavy atom. The molecule has 1 aliphatic carbocycles. The lowest BCUT2D eigenvalue weighted by molar-refractivity contribution is -0.137. The van der Waals surface area contributed by atoms with E-state index in [1.807, 2.05) is 0 Å². The Morgan fingerprint density at radius 3 is 2.38 bits per heavy atom. The van der Waals surface area contributed by atoms with Crippen molar-refractivity contribution < 1.29 is 37.4 Å². The average molecular weight is 593 g/mol. The van der Waals surface area contributed by atoms with Gasteiger partial charge in [0.25, 0.3) is 5.91 Å². The van der Waals surface area contributed by atoms with Crippen molar-refractivity contribution in [2.45, 2.75) is 87.9 Å². The van der Waals surface area contributed by atoms with Crippen molar-refractivity contribution in [3.8, 4) is 0 Å². The summed E-state index contributed by atoms with van der Waals surface area (Å²) in [5.74, 6) is -1.66. The number of carbonyl (C=O) groups excluding carboxylic acids is 2. The first-order valence-electron chi connectivity index (χ1n) is 14.3. The number of hydrogen-bond acceptors (Lipinski definition) is 6. The number of nitrogens with zero attached hydrogens (tertiary/aromatic N) is 3. The van der Waals surface area contributed by atoms with Crippen LogP contribution in [0.1, 0.15) is 79.6 Å². The molecule has 2 saturated heterocycles. The normalized spacial score (nSPS) is 26.8. The third-order valence-corrected chi connectivity index (χ3v) is 9.03. The fourth-order valence-electron chi connectivity index (χ4n) is 6.74. The van der Waals surface area contributed by atoms with Crippen LogP contribution in [-0.4, -0.2) is 74.6 Å². The Morgan fingerprint density at radius 2 is 1.74 bits per heavy atom. The van der Waals surface area contributed by atoms with E-state index in [1.54, 1.807) is 18.7 Å². The number of pyridine rings is 1. The fourth-order valence-corrected chi connectivity index (χ4v) is 6.74. The SMILES string of the molecule is CC(C)(O)c1cnc(C2(O)CCC(N3CCC4C3CCN4C(=O)CNC(=O)c3cccc(C(F)(F)F)c3)CC2)c(F)c1.